The highest BCUT2D eigenvalue weighted by molar-refractivity contribution is 7.89. The lowest BCUT2D eigenvalue weighted by atomic mass is 10.2. The van der Waals surface area contributed by atoms with Crippen molar-refractivity contribution in [2.45, 2.75) is 23.9 Å². The van der Waals surface area contributed by atoms with Crippen molar-refractivity contribution in [1.29, 1.82) is 0 Å². The zero-order valence-electron chi connectivity index (χ0n) is 14.8. The van der Waals surface area contributed by atoms with Crippen molar-refractivity contribution in [3.63, 3.8) is 0 Å². The van der Waals surface area contributed by atoms with E-state index in [0.29, 0.717) is 10.8 Å². The van der Waals surface area contributed by atoms with Gasteiger partial charge in [0.15, 0.2) is 0 Å². The molecule has 2 N–H and O–H groups in total. The van der Waals surface area contributed by atoms with Crippen molar-refractivity contribution in [1.82, 2.24) is 14.9 Å². The number of carbonyl (C=O) groups is 1. The second-order valence-corrected chi connectivity index (χ2v) is 8.19. The molecular weight excluding hydrogens is 378 g/mol. The molecule has 0 fully saturated rings. The first-order valence-electron chi connectivity index (χ1n) is 7.96. The summed E-state index contributed by atoms with van der Waals surface area (Å²) in [5.74, 6) is 0.283. The van der Waals surface area contributed by atoms with E-state index >= 15 is 0 Å². The standard InChI is InChI=1S/C17H22ClN3O4S/c1-12(20-26(23,24)14-8-6-13(18)7-9-14)17(22)19-11-15(21(2)3)16-5-4-10-25-16/h4-10,12,15,20H,11H2,1-3H3,(H,19,22). The summed E-state index contributed by atoms with van der Waals surface area (Å²) in [6.45, 7) is 1.77. The Kier molecular flexibility index (Phi) is 6.82. The van der Waals surface area contributed by atoms with Gasteiger partial charge in [-0.05, 0) is 57.4 Å². The fraction of sp³-hybridized carbons (Fsp3) is 0.353. The molecule has 0 aliphatic rings. The second kappa shape index (κ2) is 8.68. The van der Waals surface area contributed by atoms with Crippen molar-refractivity contribution in [3.8, 4) is 0 Å². The monoisotopic (exact) mass is 399 g/mol. The Hall–Kier alpha value is -1.87. The van der Waals surface area contributed by atoms with Crippen LogP contribution in [0, 0.1) is 0 Å². The largest absolute Gasteiger partial charge is 0.468 e. The number of hydrogen-bond donors (Lipinski definition) is 2. The average molecular weight is 400 g/mol. The number of furan rings is 1. The van der Waals surface area contributed by atoms with E-state index in [9.17, 15) is 13.2 Å². The summed E-state index contributed by atoms with van der Waals surface area (Å²) < 4.78 is 32.4. The van der Waals surface area contributed by atoms with E-state index in [1.54, 1.807) is 12.3 Å². The van der Waals surface area contributed by atoms with E-state index in [2.05, 4.69) is 10.0 Å². The summed E-state index contributed by atoms with van der Waals surface area (Å²) in [6, 6.07) is 8.23. The van der Waals surface area contributed by atoms with Gasteiger partial charge in [0.05, 0.1) is 23.2 Å². The van der Waals surface area contributed by atoms with Gasteiger partial charge >= 0.3 is 0 Å². The topological polar surface area (TPSA) is 91.6 Å². The highest BCUT2D eigenvalue weighted by Crippen LogP contribution is 2.18. The molecule has 1 aromatic heterocycles. The minimum Gasteiger partial charge on any atom is -0.468 e. The molecule has 1 heterocycles. The predicted octanol–water partition coefficient (Wildman–Crippen LogP) is 2.02. The van der Waals surface area contributed by atoms with E-state index in [1.165, 1.54) is 31.2 Å². The number of nitrogens with zero attached hydrogens (tertiary/aromatic N) is 1. The minimum atomic E-state index is -3.82. The van der Waals surface area contributed by atoms with Crippen molar-refractivity contribution in [2.75, 3.05) is 20.6 Å². The number of halogens is 1. The molecule has 9 heteroatoms. The van der Waals surface area contributed by atoms with Gasteiger partial charge in [-0.3, -0.25) is 9.69 Å². The first kappa shape index (κ1) is 20.4. The Morgan fingerprint density at radius 1 is 1.23 bits per heavy atom. The Bertz CT molecular complexity index is 820. The second-order valence-electron chi connectivity index (χ2n) is 6.04. The van der Waals surface area contributed by atoms with E-state index in [1.807, 2.05) is 25.1 Å². The number of likely N-dealkylation sites (N-methyl/N-ethyl adjacent to an activating group) is 1. The van der Waals surface area contributed by atoms with Gasteiger partial charge < -0.3 is 9.73 Å². The molecule has 7 nitrogen and oxygen atoms in total. The summed E-state index contributed by atoms with van der Waals surface area (Å²) in [7, 11) is -0.0837. The molecule has 0 saturated heterocycles. The summed E-state index contributed by atoms with van der Waals surface area (Å²) in [6.07, 6.45) is 1.57. The van der Waals surface area contributed by atoms with Crippen LogP contribution in [0.25, 0.3) is 0 Å². The highest BCUT2D eigenvalue weighted by Gasteiger charge is 2.24. The summed E-state index contributed by atoms with van der Waals surface area (Å²) in [5, 5.41) is 3.18. The predicted molar refractivity (Wildman–Crippen MR) is 99.4 cm³/mol. The maximum absolute atomic E-state index is 12.3. The third-order valence-electron chi connectivity index (χ3n) is 3.81. The van der Waals surface area contributed by atoms with Crippen molar-refractivity contribution in [3.05, 3.63) is 53.4 Å². The Morgan fingerprint density at radius 3 is 2.42 bits per heavy atom. The van der Waals surface area contributed by atoms with Gasteiger partial charge in [-0.1, -0.05) is 11.6 Å². The quantitative estimate of drug-likeness (QED) is 0.708. The van der Waals surface area contributed by atoms with Crippen LogP contribution >= 0.6 is 11.6 Å². The minimum absolute atomic E-state index is 0.0447. The molecule has 0 bridgehead atoms. The van der Waals surface area contributed by atoms with E-state index in [0.717, 1.165) is 0 Å². The molecule has 0 aliphatic carbocycles. The van der Waals surface area contributed by atoms with Gasteiger partial charge in [0.2, 0.25) is 15.9 Å². The third kappa shape index (κ3) is 5.31. The Balaban J connectivity index is 1.97. The lowest BCUT2D eigenvalue weighted by Gasteiger charge is -2.23. The van der Waals surface area contributed by atoms with Crippen LogP contribution in [0.4, 0.5) is 0 Å². The zero-order valence-corrected chi connectivity index (χ0v) is 16.3. The number of benzene rings is 1. The van der Waals surface area contributed by atoms with E-state index < -0.39 is 22.0 Å². The van der Waals surface area contributed by atoms with Crippen LogP contribution < -0.4 is 10.0 Å². The fourth-order valence-corrected chi connectivity index (χ4v) is 3.67. The van der Waals surface area contributed by atoms with Crippen LogP contribution in [0.3, 0.4) is 0 Å². The number of hydrogen-bond acceptors (Lipinski definition) is 5. The van der Waals surface area contributed by atoms with Crippen LogP contribution in [-0.4, -0.2) is 45.9 Å². The number of rotatable bonds is 8. The third-order valence-corrected chi connectivity index (χ3v) is 5.62. The molecule has 0 radical (unpaired) electrons. The molecule has 2 unspecified atom stereocenters. The molecule has 1 aromatic carbocycles. The molecule has 0 aliphatic heterocycles. The lowest BCUT2D eigenvalue weighted by Crippen LogP contribution is -2.46. The average Bonchev–Trinajstić information content (AvgIpc) is 3.08. The van der Waals surface area contributed by atoms with Gasteiger partial charge in [-0.2, -0.15) is 4.72 Å². The smallest absolute Gasteiger partial charge is 0.241 e. The summed E-state index contributed by atoms with van der Waals surface area (Å²) in [5.41, 5.74) is 0. The van der Waals surface area contributed by atoms with Crippen LogP contribution in [0.2, 0.25) is 5.02 Å². The molecule has 1 amide bonds. The van der Waals surface area contributed by atoms with Crippen LogP contribution in [0.15, 0.2) is 52.0 Å². The van der Waals surface area contributed by atoms with Crippen molar-refractivity contribution in [2.24, 2.45) is 0 Å². The number of amides is 1. The number of nitrogens with one attached hydrogen (secondary N) is 2. The molecule has 0 spiro atoms. The molecule has 2 rings (SSSR count). The van der Waals surface area contributed by atoms with Gasteiger partial charge in [0.25, 0.3) is 0 Å². The van der Waals surface area contributed by atoms with Crippen LogP contribution in [-0.2, 0) is 14.8 Å². The Morgan fingerprint density at radius 2 is 1.88 bits per heavy atom. The SMILES string of the molecule is CC(NS(=O)(=O)c1ccc(Cl)cc1)C(=O)NCC(c1ccco1)N(C)C. The normalized spacial score (nSPS) is 14.2. The Labute approximate surface area is 158 Å². The molecular formula is C17H22ClN3O4S. The maximum atomic E-state index is 12.3. The maximum Gasteiger partial charge on any atom is 0.241 e. The van der Waals surface area contributed by atoms with Gasteiger partial charge in [0.1, 0.15) is 5.76 Å². The number of carbonyl (C=O) groups excluding carboxylic acids is 1. The van der Waals surface area contributed by atoms with Crippen molar-refractivity contribution >= 4 is 27.5 Å². The molecule has 2 atom stereocenters. The van der Waals surface area contributed by atoms with Gasteiger partial charge in [-0.25, -0.2) is 8.42 Å². The van der Waals surface area contributed by atoms with Gasteiger partial charge in [-0.15, -0.1) is 0 Å². The first-order valence-corrected chi connectivity index (χ1v) is 9.82. The zero-order chi connectivity index (χ0) is 19.3. The molecule has 142 valence electrons. The van der Waals surface area contributed by atoms with E-state index in [-0.39, 0.29) is 17.5 Å². The number of sulfonamides is 1. The summed E-state index contributed by atoms with van der Waals surface area (Å²) >= 11 is 5.77. The molecule has 0 saturated carbocycles. The van der Waals surface area contributed by atoms with Crippen LogP contribution in [0.1, 0.15) is 18.7 Å². The van der Waals surface area contributed by atoms with Crippen LogP contribution in [0.5, 0.6) is 0 Å². The fourth-order valence-electron chi connectivity index (χ4n) is 2.34. The van der Waals surface area contributed by atoms with Crippen molar-refractivity contribution < 1.29 is 17.6 Å². The summed E-state index contributed by atoms with van der Waals surface area (Å²) in [4.78, 5) is 14.2. The lowest BCUT2D eigenvalue weighted by molar-refractivity contribution is -0.122. The van der Waals surface area contributed by atoms with E-state index in [4.69, 9.17) is 16.0 Å². The van der Waals surface area contributed by atoms with Gasteiger partial charge in [0, 0.05) is 11.6 Å². The first-order chi connectivity index (χ1) is 12.2. The molecule has 26 heavy (non-hydrogen) atoms. The molecule has 2 aromatic rings. The highest BCUT2D eigenvalue weighted by atomic mass is 35.5.